The van der Waals surface area contributed by atoms with E-state index in [1.807, 2.05) is 24.3 Å². The molecule has 0 aliphatic heterocycles. The molecule has 6 nitrogen and oxygen atoms in total. The smallest absolute Gasteiger partial charge is 0.230 e. The third kappa shape index (κ3) is 5.12. The highest BCUT2D eigenvalue weighted by Gasteiger charge is 2.16. The van der Waals surface area contributed by atoms with Gasteiger partial charge >= 0.3 is 0 Å². The number of amides is 2. The van der Waals surface area contributed by atoms with Crippen LogP contribution in [0.3, 0.4) is 0 Å². The number of hydrogen-bond acceptors (Lipinski definition) is 4. The molecule has 0 aliphatic carbocycles. The lowest BCUT2D eigenvalue weighted by Gasteiger charge is -2.14. The zero-order chi connectivity index (χ0) is 23.4. The SMILES string of the molecule is CCc1cccc(CC)c1NC(=O)Cc1cc2c(NC(=O)Cc3ccccc3F)[nH]nc2s1. The average Bonchev–Trinajstić information content (AvgIpc) is 3.36. The Bertz CT molecular complexity index is 1290. The zero-order valence-corrected chi connectivity index (χ0v) is 19.3. The lowest BCUT2D eigenvalue weighted by molar-refractivity contribution is -0.116. The van der Waals surface area contributed by atoms with Crippen molar-refractivity contribution in [3.8, 4) is 0 Å². The van der Waals surface area contributed by atoms with Gasteiger partial charge in [0.1, 0.15) is 16.5 Å². The maximum atomic E-state index is 13.8. The van der Waals surface area contributed by atoms with Gasteiger partial charge in [0.15, 0.2) is 0 Å². The molecule has 3 N–H and O–H groups in total. The van der Waals surface area contributed by atoms with E-state index in [1.54, 1.807) is 18.2 Å². The molecular weight excluding hydrogens is 439 g/mol. The molecule has 0 saturated heterocycles. The van der Waals surface area contributed by atoms with Crippen LogP contribution in [-0.2, 0) is 35.3 Å². The van der Waals surface area contributed by atoms with E-state index >= 15 is 0 Å². The predicted molar refractivity (Wildman–Crippen MR) is 130 cm³/mol. The van der Waals surface area contributed by atoms with E-state index in [4.69, 9.17) is 0 Å². The number of nitrogens with one attached hydrogen (secondary N) is 3. The molecule has 0 atom stereocenters. The molecule has 8 heteroatoms. The number of thiophene rings is 1. The summed E-state index contributed by atoms with van der Waals surface area (Å²) in [6, 6.07) is 14.1. The van der Waals surface area contributed by atoms with E-state index in [0.717, 1.165) is 39.9 Å². The van der Waals surface area contributed by atoms with Crippen LogP contribution in [0.4, 0.5) is 15.9 Å². The van der Waals surface area contributed by atoms with Gasteiger partial charge in [-0.05, 0) is 41.7 Å². The number of anilines is 2. The summed E-state index contributed by atoms with van der Waals surface area (Å²) in [7, 11) is 0. The molecule has 0 radical (unpaired) electrons. The van der Waals surface area contributed by atoms with Gasteiger partial charge in [-0.15, -0.1) is 11.3 Å². The third-order valence-corrected chi connectivity index (χ3v) is 6.50. The summed E-state index contributed by atoms with van der Waals surface area (Å²) in [5.41, 5.74) is 3.45. The molecular formula is C25H25FN4O2S. The summed E-state index contributed by atoms with van der Waals surface area (Å²) in [5, 5.41) is 13.6. The number of rotatable bonds is 8. The highest BCUT2D eigenvalue weighted by atomic mass is 32.1. The first kappa shape index (κ1) is 22.7. The van der Waals surface area contributed by atoms with Gasteiger partial charge in [0.05, 0.1) is 18.2 Å². The highest BCUT2D eigenvalue weighted by Crippen LogP contribution is 2.30. The fourth-order valence-electron chi connectivity index (χ4n) is 3.79. The second kappa shape index (κ2) is 9.95. The molecule has 0 fully saturated rings. The van der Waals surface area contributed by atoms with Gasteiger partial charge in [0.25, 0.3) is 0 Å². The van der Waals surface area contributed by atoms with Crippen LogP contribution >= 0.6 is 11.3 Å². The van der Waals surface area contributed by atoms with Gasteiger partial charge in [-0.2, -0.15) is 5.10 Å². The van der Waals surface area contributed by atoms with Crippen molar-refractivity contribution in [1.29, 1.82) is 0 Å². The van der Waals surface area contributed by atoms with Crippen LogP contribution < -0.4 is 10.6 Å². The fourth-order valence-corrected chi connectivity index (χ4v) is 4.78. The Morgan fingerprint density at radius 1 is 0.939 bits per heavy atom. The maximum absolute atomic E-state index is 13.8. The van der Waals surface area contributed by atoms with E-state index in [1.165, 1.54) is 17.4 Å². The van der Waals surface area contributed by atoms with E-state index < -0.39 is 5.82 Å². The van der Waals surface area contributed by atoms with Crippen LogP contribution in [0.1, 0.15) is 35.4 Å². The number of aromatic amines is 1. The van der Waals surface area contributed by atoms with Crippen molar-refractivity contribution in [2.45, 2.75) is 39.5 Å². The number of fused-ring (bicyclic) bond motifs is 1. The fraction of sp³-hybridized carbons (Fsp3) is 0.240. The molecule has 2 aromatic heterocycles. The number of halogens is 1. The summed E-state index contributed by atoms with van der Waals surface area (Å²) in [6.45, 7) is 4.14. The summed E-state index contributed by atoms with van der Waals surface area (Å²) >= 11 is 1.40. The lowest BCUT2D eigenvalue weighted by atomic mass is 10.0. The summed E-state index contributed by atoms with van der Waals surface area (Å²) in [5.74, 6) is -0.413. The number of hydrogen-bond donors (Lipinski definition) is 3. The van der Waals surface area contributed by atoms with Crippen LogP contribution in [0.15, 0.2) is 48.5 Å². The normalized spacial score (nSPS) is 11.0. The van der Waals surface area contributed by atoms with Crippen LogP contribution in [0.25, 0.3) is 10.2 Å². The minimum absolute atomic E-state index is 0.0802. The van der Waals surface area contributed by atoms with E-state index in [9.17, 15) is 14.0 Å². The number of H-pyrrole nitrogens is 1. The lowest BCUT2D eigenvalue weighted by Crippen LogP contribution is -2.16. The molecule has 33 heavy (non-hydrogen) atoms. The summed E-state index contributed by atoms with van der Waals surface area (Å²) in [4.78, 5) is 26.7. The number of aryl methyl sites for hydroxylation is 2. The topological polar surface area (TPSA) is 86.9 Å². The van der Waals surface area contributed by atoms with Crippen LogP contribution in [0.5, 0.6) is 0 Å². The van der Waals surface area contributed by atoms with E-state index in [2.05, 4.69) is 34.7 Å². The minimum atomic E-state index is -0.415. The molecule has 2 aromatic carbocycles. The molecule has 4 aromatic rings. The second-order valence-corrected chi connectivity index (χ2v) is 8.85. The van der Waals surface area contributed by atoms with E-state index in [-0.39, 0.29) is 24.7 Å². The Balaban J connectivity index is 1.45. The Kier molecular flexibility index (Phi) is 6.84. The zero-order valence-electron chi connectivity index (χ0n) is 18.5. The summed E-state index contributed by atoms with van der Waals surface area (Å²) in [6.07, 6.45) is 1.81. The molecule has 0 bridgehead atoms. The van der Waals surface area contributed by atoms with Crippen LogP contribution in [0.2, 0.25) is 0 Å². The van der Waals surface area contributed by atoms with Crippen LogP contribution in [-0.4, -0.2) is 22.0 Å². The van der Waals surface area contributed by atoms with Gasteiger partial charge in [0, 0.05) is 10.6 Å². The molecule has 0 saturated carbocycles. The molecule has 0 unspecified atom stereocenters. The number of benzene rings is 2. The average molecular weight is 465 g/mol. The largest absolute Gasteiger partial charge is 0.325 e. The van der Waals surface area contributed by atoms with Gasteiger partial charge in [0.2, 0.25) is 11.8 Å². The van der Waals surface area contributed by atoms with Crippen molar-refractivity contribution in [2.24, 2.45) is 0 Å². The van der Waals surface area contributed by atoms with E-state index in [0.29, 0.717) is 16.2 Å². The molecule has 2 heterocycles. The number of nitrogens with zero attached hydrogens (tertiary/aromatic N) is 1. The van der Waals surface area contributed by atoms with Crippen molar-refractivity contribution in [2.75, 3.05) is 10.6 Å². The van der Waals surface area contributed by atoms with Gasteiger partial charge < -0.3 is 10.6 Å². The first-order valence-corrected chi connectivity index (χ1v) is 11.7. The van der Waals surface area contributed by atoms with Crippen molar-refractivity contribution >= 4 is 44.9 Å². The monoisotopic (exact) mass is 464 g/mol. The maximum Gasteiger partial charge on any atom is 0.230 e. The minimum Gasteiger partial charge on any atom is -0.325 e. The molecule has 0 spiro atoms. The van der Waals surface area contributed by atoms with Gasteiger partial charge in [-0.3, -0.25) is 14.7 Å². The highest BCUT2D eigenvalue weighted by molar-refractivity contribution is 7.18. The first-order chi connectivity index (χ1) is 16.0. The number of carbonyl (C=O) groups excluding carboxylic acids is 2. The first-order valence-electron chi connectivity index (χ1n) is 10.9. The number of carbonyl (C=O) groups is 2. The predicted octanol–water partition coefficient (Wildman–Crippen LogP) is 5.25. The van der Waals surface area contributed by atoms with Crippen molar-refractivity contribution in [3.05, 3.63) is 75.9 Å². The van der Waals surface area contributed by atoms with Crippen molar-refractivity contribution in [1.82, 2.24) is 10.2 Å². The molecule has 170 valence electrons. The second-order valence-electron chi connectivity index (χ2n) is 7.73. The number of aromatic nitrogens is 2. The Labute approximate surface area is 195 Å². The van der Waals surface area contributed by atoms with Crippen molar-refractivity contribution in [3.63, 3.8) is 0 Å². The third-order valence-electron chi connectivity index (χ3n) is 5.47. The standard InChI is InChI=1S/C25H25FN4O2S/c1-3-15-9-7-10-16(4-2)23(15)27-22(32)14-18-13-19-24(29-30-25(19)33-18)28-21(31)12-17-8-5-6-11-20(17)26/h5-11,13H,3-4,12,14H2,1-2H3,(H,27,32)(H2,28,29,30,31). The summed E-state index contributed by atoms with van der Waals surface area (Å²) < 4.78 is 13.8. The van der Waals surface area contributed by atoms with Gasteiger partial charge in [-0.25, -0.2) is 4.39 Å². The Morgan fingerprint density at radius 2 is 1.61 bits per heavy atom. The molecule has 2 amide bonds. The van der Waals surface area contributed by atoms with Gasteiger partial charge in [-0.1, -0.05) is 50.2 Å². The quantitative estimate of drug-likeness (QED) is 0.333. The molecule has 4 rings (SSSR count). The molecule has 0 aliphatic rings. The number of para-hydroxylation sites is 1. The van der Waals surface area contributed by atoms with Crippen molar-refractivity contribution < 1.29 is 14.0 Å². The van der Waals surface area contributed by atoms with Crippen LogP contribution in [0, 0.1) is 5.82 Å². The Morgan fingerprint density at radius 3 is 2.30 bits per heavy atom. The Hall–Kier alpha value is -3.52.